The number of amides is 2. The predicted octanol–water partition coefficient (Wildman–Crippen LogP) is 3.61. The van der Waals surface area contributed by atoms with E-state index in [1.54, 1.807) is 0 Å². The summed E-state index contributed by atoms with van der Waals surface area (Å²) >= 11 is 0. The van der Waals surface area contributed by atoms with Crippen LogP contribution < -0.4 is 15.4 Å². The Morgan fingerprint density at radius 1 is 1.29 bits per heavy atom. The van der Waals surface area contributed by atoms with Crippen LogP contribution >= 0.6 is 0 Å². The molecule has 2 rings (SSSR count). The Bertz CT molecular complexity index is 454. The molecule has 0 radical (unpaired) electrons. The lowest BCUT2D eigenvalue weighted by Gasteiger charge is -2.23. The number of ether oxygens (including phenoxy) is 1. The van der Waals surface area contributed by atoms with E-state index < -0.39 is 0 Å². The molecule has 0 unspecified atom stereocenters. The molecule has 0 heterocycles. The van der Waals surface area contributed by atoms with Crippen molar-refractivity contribution in [2.24, 2.45) is 0 Å². The Morgan fingerprint density at radius 2 is 2.05 bits per heavy atom. The highest BCUT2D eigenvalue weighted by atomic mass is 16.5. The van der Waals surface area contributed by atoms with Gasteiger partial charge in [-0.3, -0.25) is 0 Å². The van der Waals surface area contributed by atoms with E-state index in [2.05, 4.69) is 10.6 Å². The smallest absolute Gasteiger partial charge is 0.315 e. The molecule has 1 fully saturated rings. The summed E-state index contributed by atoms with van der Waals surface area (Å²) in [6.07, 6.45) is 6.52. The molecule has 1 aromatic carbocycles. The van der Waals surface area contributed by atoms with Crippen LogP contribution in [0, 0.1) is 0 Å². The number of rotatable bonds is 5. The monoisotopic (exact) mass is 290 g/mol. The van der Waals surface area contributed by atoms with Crippen LogP contribution in [0.15, 0.2) is 24.3 Å². The Hall–Kier alpha value is -1.71. The number of benzene rings is 1. The molecular weight excluding hydrogens is 264 g/mol. The van der Waals surface area contributed by atoms with Gasteiger partial charge >= 0.3 is 6.03 Å². The van der Waals surface area contributed by atoms with Gasteiger partial charge in [-0.25, -0.2) is 4.79 Å². The molecule has 0 atom stereocenters. The summed E-state index contributed by atoms with van der Waals surface area (Å²) < 4.78 is 6.04. The SMILES string of the molecule is CC(C)NC(=O)NCc1cccc(OC2CCCCC2)c1. The average molecular weight is 290 g/mol. The Kier molecular flexibility index (Phi) is 5.90. The van der Waals surface area contributed by atoms with Gasteiger partial charge in [0.2, 0.25) is 0 Å². The van der Waals surface area contributed by atoms with E-state index in [1.807, 2.05) is 38.1 Å². The fourth-order valence-electron chi connectivity index (χ4n) is 2.60. The summed E-state index contributed by atoms with van der Waals surface area (Å²) in [5.41, 5.74) is 1.06. The minimum atomic E-state index is -0.136. The minimum Gasteiger partial charge on any atom is -0.490 e. The maximum Gasteiger partial charge on any atom is 0.315 e. The van der Waals surface area contributed by atoms with Crippen molar-refractivity contribution in [1.82, 2.24) is 10.6 Å². The standard InChI is InChI=1S/C17H26N2O2/c1-13(2)19-17(20)18-12-14-7-6-10-16(11-14)21-15-8-4-3-5-9-15/h6-7,10-11,13,15H,3-5,8-9,12H2,1-2H3,(H2,18,19,20). The van der Waals surface area contributed by atoms with Crippen molar-refractivity contribution in [3.63, 3.8) is 0 Å². The lowest BCUT2D eigenvalue weighted by molar-refractivity contribution is 0.155. The molecule has 1 saturated carbocycles. The predicted molar refractivity (Wildman–Crippen MR) is 84.5 cm³/mol. The fourth-order valence-corrected chi connectivity index (χ4v) is 2.60. The first kappa shape index (κ1) is 15.7. The molecule has 0 aromatic heterocycles. The van der Waals surface area contributed by atoms with Gasteiger partial charge in [-0.15, -0.1) is 0 Å². The third-order valence-electron chi connectivity index (χ3n) is 3.63. The topological polar surface area (TPSA) is 50.4 Å². The van der Waals surface area contributed by atoms with Crippen molar-refractivity contribution in [2.75, 3.05) is 0 Å². The molecule has 0 aliphatic heterocycles. The average Bonchev–Trinajstić information content (AvgIpc) is 2.46. The number of nitrogens with one attached hydrogen (secondary N) is 2. The maximum atomic E-state index is 11.6. The molecule has 0 spiro atoms. The van der Waals surface area contributed by atoms with Crippen molar-refractivity contribution in [3.05, 3.63) is 29.8 Å². The first-order valence-electron chi connectivity index (χ1n) is 7.93. The Morgan fingerprint density at radius 3 is 2.76 bits per heavy atom. The molecule has 1 aromatic rings. The highest BCUT2D eigenvalue weighted by Gasteiger charge is 2.14. The van der Waals surface area contributed by atoms with Gasteiger partial charge in [-0.05, 0) is 57.2 Å². The van der Waals surface area contributed by atoms with E-state index in [0.717, 1.165) is 24.2 Å². The highest BCUT2D eigenvalue weighted by molar-refractivity contribution is 5.74. The molecule has 4 nitrogen and oxygen atoms in total. The van der Waals surface area contributed by atoms with Crippen molar-refractivity contribution in [3.8, 4) is 5.75 Å². The van der Waals surface area contributed by atoms with Gasteiger partial charge in [-0.1, -0.05) is 18.6 Å². The van der Waals surface area contributed by atoms with Gasteiger partial charge in [0.05, 0.1) is 6.10 Å². The van der Waals surface area contributed by atoms with Gasteiger partial charge < -0.3 is 15.4 Å². The van der Waals surface area contributed by atoms with Crippen LogP contribution in [0.25, 0.3) is 0 Å². The molecule has 0 saturated heterocycles. The van der Waals surface area contributed by atoms with Crippen molar-refractivity contribution < 1.29 is 9.53 Å². The van der Waals surface area contributed by atoms with Gasteiger partial charge in [0.1, 0.15) is 5.75 Å². The molecule has 21 heavy (non-hydrogen) atoms. The normalized spacial score (nSPS) is 15.8. The van der Waals surface area contributed by atoms with E-state index >= 15 is 0 Å². The van der Waals surface area contributed by atoms with Crippen LogP contribution in [-0.2, 0) is 6.54 Å². The van der Waals surface area contributed by atoms with Crippen LogP contribution in [-0.4, -0.2) is 18.2 Å². The van der Waals surface area contributed by atoms with E-state index in [1.165, 1.54) is 19.3 Å². The third-order valence-corrected chi connectivity index (χ3v) is 3.63. The second-order valence-corrected chi connectivity index (χ2v) is 6.01. The molecule has 1 aliphatic rings. The molecule has 1 aliphatic carbocycles. The first-order valence-corrected chi connectivity index (χ1v) is 7.93. The summed E-state index contributed by atoms with van der Waals surface area (Å²) in [7, 11) is 0. The molecule has 0 bridgehead atoms. The molecular formula is C17H26N2O2. The quantitative estimate of drug-likeness (QED) is 0.870. The minimum absolute atomic E-state index is 0.136. The fraction of sp³-hybridized carbons (Fsp3) is 0.588. The summed E-state index contributed by atoms with van der Waals surface area (Å²) in [6, 6.07) is 8.00. The molecule has 116 valence electrons. The van der Waals surface area contributed by atoms with Crippen LogP contribution in [0.1, 0.15) is 51.5 Å². The van der Waals surface area contributed by atoms with Crippen molar-refractivity contribution in [1.29, 1.82) is 0 Å². The first-order chi connectivity index (χ1) is 10.1. The third kappa shape index (κ3) is 5.66. The van der Waals surface area contributed by atoms with Crippen LogP contribution in [0.5, 0.6) is 5.75 Å². The highest BCUT2D eigenvalue weighted by Crippen LogP contribution is 2.23. The van der Waals surface area contributed by atoms with Crippen molar-refractivity contribution >= 4 is 6.03 Å². The maximum absolute atomic E-state index is 11.6. The van der Waals surface area contributed by atoms with Gasteiger partial charge in [0.25, 0.3) is 0 Å². The number of urea groups is 1. The van der Waals surface area contributed by atoms with Gasteiger partial charge in [0.15, 0.2) is 0 Å². The summed E-state index contributed by atoms with van der Waals surface area (Å²) in [4.78, 5) is 11.6. The number of hydrogen-bond acceptors (Lipinski definition) is 2. The lowest BCUT2D eigenvalue weighted by Crippen LogP contribution is -2.39. The van der Waals surface area contributed by atoms with E-state index in [9.17, 15) is 4.79 Å². The number of carbonyl (C=O) groups is 1. The molecule has 4 heteroatoms. The lowest BCUT2D eigenvalue weighted by atomic mass is 9.98. The largest absolute Gasteiger partial charge is 0.490 e. The summed E-state index contributed by atoms with van der Waals surface area (Å²) in [5, 5.41) is 5.67. The molecule has 2 N–H and O–H groups in total. The van der Waals surface area contributed by atoms with Crippen LogP contribution in [0.3, 0.4) is 0 Å². The van der Waals surface area contributed by atoms with E-state index in [-0.39, 0.29) is 12.1 Å². The van der Waals surface area contributed by atoms with Crippen LogP contribution in [0.4, 0.5) is 4.79 Å². The van der Waals surface area contributed by atoms with Crippen molar-refractivity contribution in [2.45, 2.75) is 64.6 Å². The van der Waals surface area contributed by atoms with Gasteiger partial charge in [-0.2, -0.15) is 0 Å². The second-order valence-electron chi connectivity index (χ2n) is 6.01. The van der Waals surface area contributed by atoms with Crippen LogP contribution in [0.2, 0.25) is 0 Å². The zero-order chi connectivity index (χ0) is 15.1. The molecule has 2 amide bonds. The van der Waals surface area contributed by atoms with E-state index in [0.29, 0.717) is 12.6 Å². The summed E-state index contributed by atoms with van der Waals surface area (Å²) in [5.74, 6) is 0.908. The Labute approximate surface area is 127 Å². The van der Waals surface area contributed by atoms with Gasteiger partial charge in [0, 0.05) is 12.6 Å². The van der Waals surface area contributed by atoms with E-state index in [4.69, 9.17) is 4.74 Å². The summed E-state index contributed by atoms with van der Waals surface area (Å²) in [6.45, 7) is 4.40. The second kappa shape index (κ2) is 7.91. The Balaban J connectivity index is 1.84. The zero-order valence-electron chi connectivity index (χ0n) is 13.0. The number of hydrogen-bond donors (Lipinski definition) is 2. The zero-order valence-corrected chi connectivity index (χ0v) is 13.0. The number of carbonyl (C=O) groups excluding carboxylic acids is 1.